The number of hydrogen-bond acceptors (Lipinski definition) is 2. The van der Waals surface area contributed by atoms with Crippen molar-refractivity contribution in [1.29, 1.82) is 0 Å². The summed E-state index contributed by atoms with van der Waals surface area (Å²) in [5.74, 6) is -3.34. The van der Waals surface area contributed by atoms with Crippen molar-refractivity contribution in [3.8, 4) is 0 Å². The van der Waals surface area contributed by atoms with Gasteiger partial charge in [-0.1, -0.05) is 22.7 Å². The Bertz CT molecular complexity index is 657. The Morgan fingerprint density at radius 1 is 1.23 bits per heavy atom. The van der Waals surface area contributed by atoms with Crippen molar-refractivity contribution in [1.82, 2.24) is 0 Å². The standard InChI is InChI=1S/C16H17ClFNO3/c1-8-5-11(12(16(21)22)6-9(8)2)15(20)19-10-3-4-14(18)13(17)7-10/h3-4,7,11-12H,5-6H2,1-2H3,(H,19,20)(H,21,22)/t11-,12-/m0/s1. The summed E-state index contributed by atoms with van der Waals surface area (Å²) < 4.78 is 13.1. The monoisotopic (exact) mass is 325 g/mol. The zero-order valence-electron chi connectivity index (χ0n) is 12.3. The molecule has 2 atom stereocenters. The largest absolute Gasteiger partial charge is 0.481 e. The molecule has 2 rings (SSSR count). The summed E-state index contributed by atoms with van der Waals surface area (Å²) >= 11 is 5.68. The van der Waals surface area contributed by atoms with E-state index in [1.54, 1.807) is 0 Å². The van der Waals surface area contributed by atoms with Crippen molar-refractivity contribution >= 4 is 29.2 Å². The molecule has 0 fully saturated rings. The van der Waals surface area contributed by atoms with Crippen molar-refractivity contribution in [3.05, 3.63) is 40.2 Å². The molecule has 2 N–H and O–H groups in total. The van der Waals surface area contributed by atoms with Crippen LogP contribution in [0.3, 0.4) is 0 Å². The molecule has 0 spiro atoms. The van der Waals surface area contributed by atoms with Crippen LogP contribution >= 0.6 is 11.6 Å². The highest BCUT2D eigenvalue weighted by Gasteiger charge is 2.37. The molecule has 118 valence electrons. The SMILES string of the molecule is CC1=C(C)C[C@H](C(=O)Nc2ccc(F)c(Cl)c2)[C@@H](C(=O)O)C1. The molecule has 1 amide bonds. The predicted octanol–water partition coefficient (Wildman–Crippen LogP) is 3.86. The minimum absolute atomic E-state index is 0.0943. The van der Waals surface area contributed by atoms with Gasteiger partial charge in [0.2, 0.25) is 5.91 Å². The number of carboxylic acids is 1. The van der Waals surface area contributed by atoms with E-state index in [0.29, 0.717) is 18.5 Å². The third-order valence-electron chi connectivity index (χ3n) is 4.11. The first kappa shape index (κ1) is 16.5. The van der Waals surface area contributed by atoms with E-state index in [-0.39, 0.29) is 10.9 Å². The van der Waals surface area contributed by atoms with Crippen LogP contribution in [-0.2, 0) is 9.59 Å². The molecule has 0 radical (unpaired) electrons. The van der Waals surface area contributed by atoms with E-state index in [0.717, 1.165) is 17.2 Å². The second kappa shape index (κ2) is 6.48. The number of carbonyl (C=O) groups excluding carboxylic acids is 1. The maximum atomic E-state index is 13.1. The molecule has 0 unspecified atom stereocenters. The summed E-state index contributed by atoms with van der Waals surface area (Å²) in [4.78, 5) is 23.8. The number of rotatable bonds is 3. The quantitative estimate of drug-likeness (QED) is 0.829. The number of aliphatic carboxylic acids is 1. The molecule has 0 heterocycles. The Hall–Kier alpha value is -1.88. The number of anilines is 1. The first-order chi connectivity index (χ1) is 10.3. The number of hydrogen-bond donors (Lipinski definition) is 2. The fourth-order valence-corrected chi connectivity index (χ4v) is 2.82. The van der Waals surface area contributed by atoms with Gasteiger partial charge in [-0.3, -0.25) is 9.59 Å². The highest BCUT2D eigenvalue weighted by Crippen LogP contribution is 2.35. The van der Waals surface area contributed by atoms with Crippen LogP contribution in [0.5, 0.6) is 0 Å². The lowest BCUT2D eigenvalue weighted by molar-refractivity contribution is -0.146. The van der Waals surface area contributed by atoms with Crippen molar-refractivity contribution in [2.45, 2.75) is 26.7 Å². The number of halogens is 2. The summed E-state index contributed by atoms with van der Waals surface area (Å²) in [5.41, 5.74) is 2.40. The summed E-state index contributed by atoms with van der Waals surface area (Å²) in [6, 6.07) is 3.86. The Kier molecular flexibility index (Phi) is 4.86. The molecule has 0 aliphatic heterocycles. The molecule has 0 bridgehead atoms. The van der Waals surface area contributed by atoms with Gasteiger partial charge in [-0.15, -0.1) is 0 Å². The van der Waals surface area contributed by atoms with Gasteiger partial charge in [0.1, 0.15) is 5.82 Å². The molecule has 6 heteroatoms. The van der Waals surface area contributed by atoms with E-state index in [1.807, 2.05) is 13.8 Å². The maximum Gasteiger partial charge on any atom is 0.307 e. The maximum absolute atomic E-state index is 13.1. The molecule has 0 saturated carbocycles. The summed E-state index contributed by atoms with van der Waals surface area (Å²) in [6.45, 7) is 3.79. The average Bonchev–Trinajstić information content (AvgIpc) is 2.45. The molecule has 1 aromatic carbocycles. The van der Waals surface area contributed by atoms with Crippen molar-refractivity contribution in [2.24, 2.45) is 11.8 Å². The zero-order valence-corrected chi connectivity index (χ0v) is 13.1. The lowest BCUT2D eigenvalue weighted by atomic mass is 9.76. The van der Waals surface area contributed by atoms with Crippen LogP contribution in [0, 0.1) is 17.7 Å². The van der Waals surface area contributed by atoms with Crippen molar-refractivity contribution in [3.63, 3.8) is 0 Å². The van der Waals surface area contributed by atoms with Crippen LogP contribution in [0.4, 0.5) is 10.1 Å². The smallest absolute Gasteiger partial charge is 0.307 e. The number of carbonyl (C=O) groups is 2. The summed E-state index contributed by atoms with van der Waals surface area (Å²) in [5, 5.41) is 11.9. The van der Waals surface area contributed by atoms with Crippen molar-refractivity contribution in [2.75, 3.05) is 5.32 Å². The molecule has 1 aliphatic carbocycles. The topological polar surface area (TPSA) is 66.4 Å². The van der Waals surface area contributed by atoms with E-state index < -0.39 is 23.6 Å². The van der Waals surface area contributed by atoms with Crippen LogP contribution in [0.15, 0.2) is 29.3 Å². The molecule has 1 aromatic rings. The lowest BCUT2D eigenvalue weighted by Gasteiger charge is -2.29. The number of benzene rings is 1. The van der Waals surface area contributed by atoms with Gasteiger partial charge in [-0.05, 0) is 44.9 Å². The van der Waals surface area contributed by atoms with Gasteiger partial charge in [-0.25, -0.2) is 4.39 Å². The predicted molar refractivity (Wildman–Crippen MR) is 82.3 cm³/mol. The Morgan fingerprint density at radius 3 is 2.36 bits per heavy atom. The Morgan fingerprint density at radius 2 is 1.82 bits per heavy atom. The van der Waals surface area contributed by atoms with Gasteiger partial charge in [0.05, 0.1) is 16.9 Å². The molecule has 22 heavy (non-hydrogen) atoms. The highest BCUT2D eigenvalue weighted by atomic mass is 35.5. The van der Waals surface area contributed by atoms with Gasteiger partial charge in [-0.2, -0.15) is 0 Å². The number of amides is 1. The first-order valence-corrected chi connectivity index (χ1v) is 7.31. The molecular formula is C16H17ClFNO3. The summed E-state index contributed by atoms with van der Waals surface area (Å²) in [6.07, 6.45) is 0.771. The molecular weight excluding hydrogens is 309 g/mol. The molecule has 0 saturated heterocycles. The van der Waals surface area contributed by atoms with Gasteiger partial charge >= 0.3 is 5.97 Å². The van der Waals surface area contributed by atoms with Crippen molar-refractivity contribution < 1.29 is 19.1 Å². The lowest BCUT2D eigenvalue weighted by Crippen LogP contribution is -2.36. The zero-order chi connectivity index (χ0) is 16.4. The van der Waals surface area contributed by atoms with Gasteiger partial charge < -0.3 is 10.4 Å². The summed E-state index contributed by atoms with van der Waals surface area (Å²) in [7, 11) is 0. The Balaban J connectivity index is 2.19. The van der Waals surface area contributed by atoms with Gasteiger partial charge in [0.15, 0.2) is 0 Å². The fraction of sp³-hybridized carbons (Fsp3) is 0.375. The van der Waals surface area contributed by atoms with E-state index >= 15 is 0 Å². The second-order valence-electron chi connectivity index (χ2n) is 5.64. The van der Waals surface area contributed by atoms with Crippen LogP contribution in [0.25, 0.3) is 0 Å². The molecule has 4 nitrogen and oxygen atoms in total. The van der Waals surface area contributed by atoms with Gasteiger partial charge in [0, 0.05) is 5.69 Å². The van der Waals surface area contributed by atoms with E-state index in [2.05, 4.69) is 5.32 Å². The number of nitrogens with one attached hydrogen (secondary N) is 1. The number of carboxylic acid groups (broad SMARTS) is 1. The minimum Gasteiger partial charge on any atom is -0.481 e. The van der Waals surface area contributed by atoms with E-state index in [4.69, 9.17) is 11.6 Å². The van der Waals surface area contributed by atoms with Crippen LogP contribution < -0.4 is 5.32 Å². The van der Waals surface area contributed by atoms with Crippen LogP contribution in [-0.4, -0.2) is 17.0 Å². The van der Waals surface area contributed by atoms with Crippen LogP contribution in [0.2, 0.25) is 5.02 Å². The third kappa shape index (κ3) is 3.47. The number of allylic oxidation sites excluding steroid dienone is 2. The Labute approximate surface area is 133 Å². The third-order valence-corrected chi connectivity index (χ3v) is 4.40. The van der Waals surface area contributed by atoms with E-state index in [9.17, 15) is 19.1 Å². The van der Waals surface area contributed by atoms with E-state index in [1.165, 1.54) is 12.1 Å². The average molecular weight is 326 g/mol. The second-order valence-corrected chi connectivity index (χ2v) is 6.05. The minimum atomic E-state index is -0.982. The van der Waals surface area contributed by atoms with Gasteiger partial charge in [0.25, 0.3) is 0 Å². The molecule has 1 aliphatic rings. The normalized spacial score (nSPS) is 21.6. The first-order valence-electron chi connectivity index (χ1n) is 6.93. The van der Waals surface area contributed by atoms with Crippen LogP contribution in [0.1, 0.15) is 26.7 Å². The fourth-order valence-electron chi connectivity index (χ4n) is 2.64. The molecule has 0 aromatic heterocycles. The highest BCUT2D eigenvalue weighted by molar-refractivity contribution is 6.31.